The van der Waals surface area contributed by atoms with E-state index in [4.69, 9.17) is 17.0 Å². The Labute approximate surface area is 196 Å². The molecule has 0 aliphatic rings. The third kappa shape index (κ3) is 5.35. The summed E-state index contributed by atoms with van der Waals surface area (Å²) in [5, 5.41) is 3.39. The Hall–Kier alpha value is -3.78. The van der Waals surface area contributed by atoms with Crippen molar-refractivity contribution < 1.29 is 9.53 Å². The molecule has 7 nitrogen and oxygen atoms in total. The van der Waals surface area contributed by atoms with E-state index in [0.717, 1.165) is 22.4 Å². The number of nitrogens with zero attached hydrogens (tertiary/aromatic N) is 2. The summed E-state index contributed by atoms with van der Waals surface area (Å²) < 4.78 is 7.58. The molecule has 168 valence electrons. The number of carbonyl (C=O) groups excluding carboxylic acids is 1. The highest BCUT2D eigenvalue weighted by Gasteiger charge is 2.09. The Kier molecular flexibility index (Phi) is 6.65. The van der Waals surface area contributed by atoms with Gasteiger partial charge in [-0.25, -0.2) is 4.98 Å². The Morgan fingerprint density at radius 1 is 1.15 bits per heavy atom. The van der Waals surface area contributed by atoms with Gasteiger partial charge in [-0.3, -0.25) is 14.2 Å². The summed E-state index contributed by atoms with van der Waals surface area (Å²) in [7, 11) is 0. The smallest absolute Gasteiger partial charge is 0.262 e. The van der Waals surface area contributed by atoms with Gasteiger partial charge in [0.25, 0.3) is 5.56 Å². The van der Waals surface area contributed by atoms with E-state index in [0.29, 0.717) is 28.1 Å². The van der Waals surface area contributed by atoms with Gasteiger partial charge < -0.3 is 15.0 Å². The van der Waals surface area contributed by atoms with Crippen molar-refractivity contribution in [3.05, 3.63) is 92.6 Å². The number of para-hydroxylation sites is 1. The van der Waals surface area contributed by atoms with Crippen LogP contribution in [0.5, 0.6) is 11.6 Å². The van der Waals surface area contributed by atoms with E-state index in [1.807, 2.05) is 44.2 Å². The lowest BCUT2D eigenvalue weighted by Crippen LogP contribution is -2.28. The molecule has 33 heavy (non-hydrogen) atoms. The predicted molar refractivity (Wildman–Crippen MR) is 130 cm³/mol. The van der Waals surface area contributed by atoms with Crippen LogP contribution in [0.4, 0.5) is 0 Å². The first-order chi connectivity index (χ1) is 15.9. The highest BCUT2D eigenvalue weighted by Crippen LogP contribution is 2.24. The van der Waals surface area contributed by atoms with Crippen LogP contribution in [0.25, 0.3) is 10.9 Å². The van der Waals surface area contributed by atoms with Crippen molar-refractivity contribution in [2.75, 3.05) is 0 Å². The average molecular weight is 461 g/mol. The van der Waals surface area contributed by atoms with E-state index in [-0.39, 0.29) is 24.4 Å². The highest BCUT2D eigenvalue weighted by atomic mass is 32.1. The predicted octanol–water partition coefficient (Wildman–Crippen LogP) is 4.57. The van der Waals surface area contributed by atoms with E-state index < -0.39 is 0 Å². The third-order valence-electron chi connectivity index (χ3n) is 5.30. The molecule has 0 fully saturated rings. The second-order valence-electron chi connectivity index (χ2n) is 7.83. The van der Waals surface area contributed by atoms with Crippen LogP contribution in [0.1, 0.15) is 23.1 Å². The fourth-order valence-corrected chi connectivity index (χ4v) is 3.69. The molecule has 0 spiro atoms. The van der Waals surface area contributed by atoms with Crippen molar-refractivity contribution in [2.24, 2.45) is 0 Å². The minimum atomic E-state index is -0.203. The average Bonchev–Trinajstić information content (AvgIpc) is 2.81. The van der Waals surface area contributed by atoms with Gasteiger partial charge in [0.15, 0.2) is 4.77 Å². The lowest BCUT2D eigenvalue weighted by atomic mass is 10.1. The molecular weight excluding hydrogens is 436 g/mol. The molecule has 0 atom stereocenters. The van der Waals surface area contributed by atoms with Crippen molar-refractivity contribution in [1.82, 2.24) is 19.9 Å². The summed E-state index contributed by atoms with van der Waals surface area (Å²) >= 11 is 5.29. The van der Waals surface area contributed by atoms with Crippen LogP contribution in [0.2, 0.25) is 0 Å². The molecule has 0 aliphatic carbocycles. The molecule has 8 heteroatoms. The molecule has 1 amide bonds. The Bertz CT molecular complexity index is 1420. The summed E-state index contributed by atoms with van der Waals surface area (Å²) in [5.74, 6) is 1.08. The Morgan fingerprint density at radius 2 is 1.97 bits per heavy atom. The van der Waals surface area contributed by atoms with Crippen molar-refractivity contribution in [3.8, 4) is 11.6 Å². The van der Waals surface area contributed by atoms with Gasteiger partial charge in [-0.15, -0.1) is 0 Å². The summed E-state index contributed by atoms with van der Waals surface area (Å²) in [4.78, 5) is 32.4. The monoisotopic (exact) mass is 460 g/mol. The van der Waals surface area contributed by atoms with Crippen molar-refractivity contribution in [3.63, 3.8) is 0 Å². The largest absolute Gasteiger partial charge is 0.439 e. The van der Waals surface area contributed by atoms with E-state index in [2.05, 4.69) is 15.3 Å². The first-order valence-electron chi connectivity index (χ1n) is 10.6. The van der Waals surface area contributed by atoms with Gasteiger partial charge in [-0.2, -0.15) is 0 Å². The van der Waals surface area contributed by atoms with E-state index in [1.54, 1.807) is 30.5 Å². The lowest BCUT2D eigenvalue weighted by molar-refractivity contribution is -0.121. The van der Waals surface area contributed by atoms with Gasteiger partial charge in [-0.1, -0.05) is 30.3 Å². The Balaban J connectivity index is 1.33. The van der Waals surface area contributed by atoms with E-state index in [1.165, 1.54) is 4.57 Å². The third-order valence-corrected chi connectivity index (χ3v) is 5.62. The quantitative estimate of drug-likeness (QED) is 0.395. The fourth-order valence-electron chi connectivity index (χ4n) is 3.41. The number of aromatic amines is 1. The van der Waals surface area contributed by atoms with Gasteiger partial charge in [0, 0.05) is 31.8 Å². The number of hydrogen-bond acceptors (Lipinski definition) is 5. The van der Waals surface area contributed by atoms with E-state index >= 15 is 0 Å². The zero-order chi connectivity index (χ0) is 23.4. The minimum Gasteiger partial charge on any atom is -0.439 e. The van der Waals surface area contributed by atoms with Crippen LogP contribution in [-0.2, 0) is 17.9 Å². The maximum Gasteiger partial charge on any atom is 0.262 e. The van der Waals surface area contributed by atoms with Crippen molar-refractivity contribution >= 4 is 29.0 Å². The van der Waals surface area contributed by atoms with Crippen LogP contribution >= 0.6 is 12.2 Å². The summed E-state index contributed by atoms with van der Waals surface area (Å²) in [6.45, 7) is 4.52. The lowest BCUT2D eigenvalue weighted by Gasteiger charge is -2.10. The molecule has 0 aliphatic heterocycles. The first kappa shape index (κ1) is 22.4. The maximum atomic E-state index is 12.7. The number of aromatic nitrogens is 3. The molecule has 0 radical (unpaired) electrons. The molecule has 0 saturated heterocycles. The summed E-state index contributed by atoms with van der Waals surface area (Å²) in [6, 6.07) is 16.8. The normalized spacial score (nSPS) is 10.8. The standard InChI is InChI=1S/C25H24N4O3S/c1-16-7-8-17(2)21(13-16)32-23-10-9-18(15-27-23)14-26-22(30)11-12-29-24(31)19-5-3-4-6-20(19)28-25(29)33/h3-10,13,15H,11-12,14H2,1-2H3,(H,26,30)(H,28,33). The van der Waals surface area contributed by atoms with Crippen LogP contribution in [-0.4, -0.2) is 20.4 Å². The molecule has 0 bridgehead atoms. The number of nitrogens with one attached hydrogen (secondary N) is 2. The zero-order valence-corrected chi connectivity index (χ0v) is 19.2. The van der Waals surface area contributed by atoms with E-state index in [9.17, 15) is 9.59 Å². The highest BCUT2D eigenvalue weighted by molar-refractivity contribution is 7.71. The molecule has 2 aromatic heterocycles. The molecule has 4 aromatic rings. The van der Waals surface area contributed by atoms with Gasteiger partial charge in [0.05, 0.1) is 10.9 Å². The summed E-state index contributed by atoms with van der Waals surface area (Å²) in [6.07, 6.45) is 1.81. The topological polar surface area (TPSA) is 89.0 Å². The van der Waals surface area contributed by atoms with Gasteiger partial charge in [-0.05, 0) is 61.0 Å². The van der Waals surface area contributed by atoms with Crippen molar-refractivity contribution in [2.45, 2.75) is 33.4 Å². The first-order valence-corrected chi connectivity index (χ1v) is 11.0. The molecular formula is C25H24N4O3S. The molecule has 2 N–H and O–H groups in total. The number of H-pyrrole nitrogens is 1. The van der Waals surface area contributed by atoms with Gasteiger partial charge >= 0.3 is 0 Å². The minimum absolute atomic E-state index is 0.136. The second-order valence-corrected chi connectivity index (χ2v) is 8.22. The maximum absolute atomic E-state index is 12.7. The van der Waals surface area contributed by atoms with Crippen LogP contribution in [0.3, 0.4) is 0 Å². The summed E-state index contributed by atoms with van der Waals surface area (Å²) in [5.41, 5.74) is 3.47. The molecule has 0 saturated carbocycles. The number of rotatable bonds is 7. The number of benzene rings is 2. The van der Waals surface area contributed by atoms with Crippen LogP contribution in [0.15, 0.2) is 65.6 Å². The SMILES string of the molecule is Cc1ccc(C)c(Oc2ccc(CNC(=O)CCn3c(=S)[nH]c4ccccc4c3=O)cn2)c1. The number of hydrogen-bond donors (Lipinski definition) is 2. The number of amides is 1. The molecule has 4 rings (SSSR count). The number of pyridine rings is 1. The number of ether oxygens (including phenoxy) is 1. The fraction of sp³-hybridized carbons (Fsp3) is 0.200. The van der Waals surface area contributed by atoms with Crippen LogP contribution < -0.4 is 15.6 Å². The van der Waals surface area contributed by atoms with Crippen LogP contribution in [0, 0.1) is 18.6 Å². The van der Waals surface area contributed by atoms with Gasteiger partial charge in [0.1, 0.15) is 5.75 Å². The molecule has 2 aromatic carbocycles. The van der Waals surface area contributed by atoms with Gasteiger partial charge in [0.2, 0.25) is 11.8 Å². The Morgan fingerprint density at radius 3 is 2.76 bits per heavy atom. The van der Waals surface area contributed by atoms with Crippen molar-refractivity contribution in [1.29, 1.82) is 0 Å². The number of carbonyl (C=O) groups is 1. The molecule has 0 unspecified atom stereocenters. The number of fused-ring (bicyclic) bond motifs is 1. The second kappa shape index (κ2) is 9.79. The number of aryl methyl sites for hydroxylation is 2. The zero-order valence-electron chi connectivity index (χ0n) is 18.4. The molecule has 2 heterocycles.